The van der Waals surface area contributed by atoms with Gasteiger partial charge < -0.3 is 15.1 Å². The molecule has 22 heavy (non-hydrogen) atoms. The summed E-state index contributed by atoms with van der Waals surface area (Å²) in [5.74, 6) is 2.39. The normalized spacial score (nSPS) is 17.6. The standard InChI is InChI=1S/C15H21N7/c1-11-4-7-16-14(18-11)19-12-6-9-22(10-12)15-17-8-5-13(20-15)21(2)3/h4-5,7-8,12H,6,9-10H2,1-3H3,(H,16,18,19). The molecular weight excluding hydrogens is 278 g/mol. The van der Waals surface area contributed by atoms with E-state index in [4.69, 9.17) is 0 Å². The van der Waals surface area contributed by atoms with Crippen LogP contribution in [-0.4, -0.2) is 53.2 Å². The zero-order chi connectivity index (χ0) is 15.5. The third-order valence-corrected chi connectivity index (χ3v) is 3.69. The van der Waals surface area contributed by atoms with Gasteiger partial charge in [0.25, 0.3) is 0 Å². The van der Waals surface area contributed by atoms with Gasteiger partial charge in [-0.25, -0.2) is 15.0 Å². The van der Waals surface area contributed by atoms with Crippen LogP contribution in [0.25, 0.3) is 0 Å². The zero-order valence-corrected chi connectivity index (χ0v) is 13.2. The lowest BCUT2D eigenvalue weighted by Gasteiger charge is -2.19. The van der Waals surface area contributed by atoms with Crippen molar-refractivity contribution in [3.05, 3.63) is 30.2 Å². The highest BCUT2D eigenvalue weighted by atomic mass is 15.3. The molecule has 1 saturated heterocycles. The van der Waals surface area contributed by atoms with E-state index in [9.17, 15) is 0 Å². The van der Waals surface area contributed by atoms with Crippen LogP contribution in [0.15, 0.2) is 24.5 Å². The first-order chi connectivity index (χ1) is 10.6. The van der Waals surface area contributed by atoms with E-state index in [1.54, 1.807) is 6.20 Å². The van der Waals surface area contributed by atoms with Gasteiger partial charge in [-0.05, 0) is 25.5 Å². The molecule has 0 saturated carbocycles. The summed E-state index contributed by atoms with van der Waals surface area (Å²) in [6.07, 6.45) is 4.61. The van der Waals surface area contributed by atoms with Crippen molar-refractivity contribution in [2.45, 2.75) is 19.4 Å². The van der Waals surface area contributed by atoms with Gasteiger partial charge in [0, 0.05) is 51.3 Å². The maximum absolute atomic E-state index is 4.59. The van der Waals surface area contributed by atoms with Crippen molar-refractivity contribution in [3.8, 4) is 0 Å². The molecule has 0 spiro atoms. The van der Waals surface area contributed by atoms with Crippen LogP contribution < -0.4 is 15.1 Å². The van der Waals surface area contributed by atoms with Crippen molar-refractivity contribution in [2.24, 2.45) is 0 Å². The van der Waals surface area contributed by atoms with Gasteiger partial charge in [-0.2, -0.15) is 4.98 Å². The van der Waals surface area contributed by atoms with Crippen molar-refractivity contribution >= 4 is 17.7 Å². The van der Waals surface area contributed by atoms with E-state index in [1.165, 1.54) is 0 Å². The van der Waals surface area contributed by atoms with Crippen LogP contribution in [0, 0.1) is 6.92 Å². The molecule has 2 aromatic rings. The summed E-state index contributed by atoms with van der Waals surface area (Å²) in [7, 11) is 3.96. The first-order valence-corrected chi connectivity index (χ1v) is 7.43. The molecule has 1 fully saturated rings. The maximum atomic E-state index is 4.59. The van der Waals surface area contributed by atoms with E-state index >= 15 is 0 Å². The van der Waals surface area contributed by atoms with E-state index in [1.807, 2.05) is 44.2 Å². The van der Waals surface area contributed by atoms with Crippen LogP contribution in [-0.2, 0) is 0 Å². The Kier molecular flexibility index (Phi) is 4.04. The average Bonchev–Trinajstić information content (AvgIpc) is 2.96. The van der Waals surface area contributed by atoms with Crippen LogP contribution in [0.2, 0.25) is 0 Å². The highest BCUT2D eigenvalue weighted by Gasteiger charge is 2.25. The molecular formula is C15H21N7. The molecule has 2 aromatic heterocycles. The molecule has 116 valence electrons. The highest BCUT2D eigenvalue weighted by molar-refractivity contribution is 5.44. The van der Waals surface area contributed by atoms with Gasteiger partial charge in [0.2, 0.25) is 11.9 Å². The molecule has 0 aliphatic carbocycles. The fraction of sp³-hybridized carbons (Fsp3) is 0.467. The third-order valence-electron chi connectivity index (χ3n) is 3.69. The Morgan fingerprint density at radius 3 is 2.77 bits per heavy atom. The number of anilines is 3. The molecule has 0 radical (unpaired) electrons. The quantitative estimate of drug-likeness (QED) is 0.913. The van der Waals surface area contributed by atoms with E-state index in [0.717, 1.165) is 37.0 Å². The predicted molar refractivity (Wildman–Crippen MR) is 87.4 cm³/mol. The fourth-order valence-electron chi connectivity index (χ4n) is 2.50. The van der Waals surface area contributed by atoms with Gasteiger partial charge in [-0.1, -0.05) is 0 Å². The summed E-state index contributed by atoms with van der Waals surface area (Å²) in [6.45, 7) is 3.75. The first-order valence-electron chi connectivity index (χ1n) is 7.43. The van der Waals surface area contributed by atoms with Crippen LogP contribution >= 0.6 is 0 Å². The van der Waals surface area contributed by atoms with Gasteiger partial charge in [0.05, 0.1) is 0 Å². The number of aryl methyl sites for hydroxylation is 1. The number of rotatable bonds is 4. The van der Waals surface area contributed by atoms with Crippen molar-refractivity contribution in [1.82, 2.24) is 19.9 Å². The van der Waals surface area contributed by atoms with E-state index in [0.29, 0.717) is 12.0 Å². The fourth-order valence-corrected chi connectivity index (χ4v) is 2.50. The summed E-state index contributed by atoms with van der Waals surface area (Å²) in [5.41, 5.74) is 0.967. The molecule has 1 atom stereocenters. The highest BCUT2D eigenvalue weighted by Crippen LogP contribution is 2.20. The number of hydrogen-bond donors (Lipinski definition) is 1. The Hall–Kier alpha value is -2.44. The van der Waals surface area contributed by atoms with Crippen molar-refractivity contribution < 1.29 is 0 Å². The van der Waals surface area contributed by atoms with Gasteiger partial charge in [-0.15, -0.1) is 0 Å². The molecule has 3 rings (SSSR count). The summed E-state index contributed by atoms with van der Waals surface area (Å²) < 4.78 is 0. The van der Waals surface area contributed by atoms with Crippen LogP contribution in [0.1, 0.15) is 12.1 Å². The number of nitrogens with zero attached hydrogens (tertiary/aromatic N) is 6. The molecule has 1 aliphatic heterocycles. The maximum Gasteiger partial charge on any atom is 0.227 e. The van der Waals surface area contributed by atoms with Crippen LogP contribution in [0.4, 0.5) is 17.7 Å². The molecule has 7 nitrogen and oxygen atoms in total. The Labute approximate surface area is 130 Å². The Morgan fingerprint density at radius 2 is 2.00 bits per heavy atom. The van der Waals surface area contributed by atoms with Gasteiger partial charge in [0.1, 0.15) is 5.82 Å². The van der Waals surface area contributed by atoms with E-state index in [-0.39, 0.29) is 0 Å². The third kappa shape index (κ3) is 3.24. The van der Waals surface area contributed by atoms with Crippen molar-refractivity contribution in [1.29, 1.82) is 0 Å². The Bertz CT molecular complexity index is 643. The van der Waals surface area contributed by atoms with Gasteiger partial charge >= 0.3 is 0 Å². The van der Waals surface area contributed by atoms with Crippen molar-refractivity contribution in [3.63, 3.8) is 0 Å². The van der Waals surface area contributed by atoms with E-state index < -0.39 is 0 Å². The average molecular weight is 299 g/mol. The summed E-state index contributed by atoms with van der Waals surface area (Å²) in [6, 6.07) is 4.12. The van der Waals surface area contributed by atoms with Crippen LogP contribution in [0.5, 0.6) is 0 Å². The second kappa shape index (κ2) is 6.13. The molecule has 1 aliphatic rings. The largest absolute Gasteiger partial charge is 0.363 e. The SMILES string of the molecule is Cc1ccnc(NC2CCN(c3nccc(N(C)C)n3)C2)n1. The number of nitrogens with one attached hydrogen (secondary N) is 1. The molecule has 1 unspecified atom stereocenters. The predicted octanol–water partition coefficient (Wildman–Crippen LogP) is 1.33. The minimum atomic E-state index is 0.313. The molecule has 0 amide bonds. The smallest absolute Gasteiger partial charge is 0.227 e. The molecule has 1 N–H and O–H groups in total. The monoisotopic (exact) mass is 299 g/mol. The zero-order valence-electron chi connectivity index (χ0n) is 13.2. The molecule has 0 bridgehead atoms. The minimum absolute atomic E-state index is 0.313. The topological polar surface area (TPSA) is 70.1 Å². The summed E-state index contributed by atoms with van der Waals surface area (Å²) >= 11 is 0. The second-order valence-electron chi connectivity index (χ2n) is 5.71. The minimum Gasteiger partial charge on any atom is -0.363 e. The van der Waals surface area contributed by atoms with Gasteiger partial charge in [-0.3, -0.25) is 0 Å². The lowest BCUT2D eigenvalue weighted by atomic mass is 10.3. The van der Waals surface area contributed by atoms with E-state index in [2.05, 4.69) is 30.2 Å². The number of aromatic nitrogens is 4. The molecule has 3 heterocycles. The molecule has 7 heteroatoms. The Balaban J connectivity index is 1.66. The molecule has 0 aromatic carbocycles. The first kappa shape index (κ1) is 14.5. The second-order valence-corrected chi connectivity index (χ2v) is 5.71. The van der Waals surface area contributed by atoms with Crippen LogP contribution in [0.3, 0.4) is 0 Å². The number of hydrogen-bond acceptors (Lipinski definition) is 7. The van der Waals surface area contributed by atoms with Crippen molar-refractivity contribution in [2.75, 3.05) is 42.3 Å². The summed E-state index contributed by atoms with van der Waals surface area (Å²) in [5, 5.41) is 3.39. The summed E-state index contributed by atoms with van der Waals surface area (Å²) in [4.78, 5) is 21.8. The Morgan fingerprint density at radius 1 is 1.18 bits per heavy atom. The lowest BCUT2D eigenvalue weighted by Crippen LogP contribution is -2.28. The van der Waals surface area contributed by atoms with Gasteiger partial charge in [0.15, 0.2) is 0 Å². The lowest BCUT2D eigenvalue weighted by molar-refractivity contribution is 0.788.